The van der Waals surface area contributed by atoms with E-state index in [0.717, 1.165) is 76.6 Å². The molecule has 2 heterocycles. The highest BCUT2D eigenvalue weighted by molar-refractivity contribution is 5.68. The van der Waals surface area contributed by atoms with Crippen LogP contribution in [0, 0.1) is 22.7 Å². The molecule has 6 rings (SSSR count). The Labute approximate surface area is 226 Å². The van der Waals surface area contributed by atoms with E-state index >= 15 is 0 Å². The highest BCUT2D eigenvalue weighted by atomic mass is 16.5. The Morgan fingerprint density at radius 1 is 1.11 bits per heavy atom. The molecule has 1 amide bonds. The second kappa shape index (κ2) is 9.81. The summed E-state index contributed by atoms with van der Waals surface area (Å²) in [7, 11) is 0. The fraction of sp³-hybridized carbons (Fsp3) is 0.742. The van der Waals surface area contributed by atoms with Crippen LogP contribution in [0.3, 0.4) is 0 Å². The number of carbonyl (C=O) groups is 1. The van der Waals surface area contributed by atoms with E-state index in [4.69, 9.17) is 9.15 Å². The van der Waals surface area contributed by atoms with Crippen LogP contribution in [0.5, 0.6) is 0 Å². The van der Waals surface area contributed by atoms with Crippen molar-refractivity contribution in [3.05, 3.63) is 46.0 Å². The smallest absolute Gasteiger partial charge is 0.407 e. The van der Waals surface area contributed by atoms with Gasteiger partial charge in [-0.3, -0.25) is 4.90 Å². The average molecular weight is 525 g/mol. The summed E-state index contributed by atoms with van der Waals surface area (Å²) < 4.78 is 10.7. The molecule has 0 radical (unpaired) electrons. The SMILES string of the molecule is C[C@]12CC[C@H](NC(=O)OCCN3CCCC3)C=C1CC[C@@H]1[C@@H]2CC[C@]2(C)[C@@H](c3ccc(=O)oc3)CC[C@]12O. The third-order valence-electron chi connectivity index (χ3n) is 11.6. The van der Waals surface area contributed by atoms with Crippen LogP contribution in [0.1, 0.15) is 89.5 Å². The van der Waals surface area contributed by atoms with E-state index in [1.165, 1.54) is 24.5 Å². The summed E-state index contributed by atoms with van der Waals surface area (Å²) in [5.74, 6) is 0.921. The number of carbonyl (C=O) groups excluding carboxylic acids is 1. The van der Waals surface area contributed by atoms with E-state index < -0.39 is 5.60 Å². The number of nitrogens with zero attached hydrogens (tertiary/aromatic N) is 1. The molecule has 4 aliphatic carbocycles. The maximum atomic E-state index is 12.5. The molecule has 1 saturated heterocycles. The molecule has 3 saturated carbocycles. The molecule has 7 nitrogen and oxygen atoms in total. The minimum atomic E-state index is -0.709. The number of amides is 1. The van der Waals surface area contributed by atoms with Gasteiger partial charge in [0.1, 0.15) is 6.61 Å². The number of hydrogen-bond acceptors (Lipinski definition) is 6. The lowest BCUT2D eigenvalue weighted by Gasteiger charge is -2.62. The molecular formula is C31H44N2O5. The number of alkyl carbamates (subject to hydrolysis) is 1. The predicted octanol–water partition coefficient (Wildman–Crippen LogP) is 4.99. The number of likely N-dealkylation sites (tertiary alicyclic amines) is 1. The van der Waals surface area contributed by atoms with Gasteiger partial charge >= 0.3 is 11.7 Å². The summed E-state index contributed by atoms with van der Waals surface area (Å²) in [6.07, 6.45) is 13.8. The minimum absolute atomic E-state index is 0.0226. The Balaban J connectivity index is 1.13. The van der Waals surface area contributed by atoms with Crippen LogP contribution in [0.2, 0.25) is 0 Å². The molecule has 2 N–H and O–H groups in total. The van der Waals surface area contributed by atoms with Gasteiger partial charge in [0.2, 0.25) is 0 Å². The lowest BCUT2D eigenvalue weighted by Crippen LogP contribution is -2.60. The summed E-state index contributed by atoms with van der Waals surface area (Å²) in [6.45, 7) is 8.17. The van der Waals surface area contributed by atoms with Crippen molar-refractivity contribution in [2.24, 2.45) is 22.7 Å². The van der Waals surface area contributed by atoms with Gasteiger partial charge in [0.05, 0.1) is 17.9 Å². The molecule has 7 atom stereocenters. The Morgan fingerprint density at radius 2 is 1.92 bits per heavy atom. The molecule has 38 heavy (non-hydrogen) atoms. The predicted molar refractivity (Wildman–Crippen MR) is 145 cm³/mol. The van der Waals surface area contributed by atoms with E-state index in [9.17, 15) is 14.7 Å². The molecule has 208 valence electrons. The Kier molecular flexibility index (Phi) is 6.74. The Morgan fingerprint density at radius 3 is 2.68 bits per heavy atom. The number of aliphatic hydroxyl groups is 1. The van der Waals surface area contributed by atoms with Crippen molar-refractivity contribution in [1.29, 1.82) is 0 Å². The van der Waals surface area contributed by atoms with E-state index in [-0.39, 0.29) is 40.4 Å². The van der Waals surface area contributed by atoms with Gasteiger partial charge in [-0.25, -0.2) is 9.59 Å². The second-order valence-corrected chi connectivity index (χ2v) is 13.2. The number of hydrogen-bond donors (Lipinski definition) is 2. The van der Waals surface area contributed by atoms with Crippen molar-refractivity contribution in [1.82, 2.24) is 10.2 Å². The summed E-state index contributed by atoms with van der Waals surface area (Å²) in [5.41, 5.74) is 1.32. The quantitative estimate of drug-likeness (QED) is 0.527. The summed E-state index contributed by atoms with van der Waals surface area (Å²) in [5, 5.41) is 15.5. The maximum absolute atomic E-state index is 12.5. The van der Waals surface area contributed by atoms with Gasteiger partial charge in [-0.15, -0.1) is 0 Å². The van der Waals surface area contributed by atoms with E-state index in [0.29, 0.717) is 12.5 Å². The topological polar surface area (TPSA) is 92.0 Å². The monoisotopic (exact) mass is 524 g/mol. The fourth-order valence-electron chi connectivity index (χ4n) is 9.38. The number of rotatable bonds is 5. The molecule has 4 fully saturated rings. The first-order valence-corrected chi connectivity index (χ1v) is 14.9. The molecular weight excluding hydrogens is 480 g/mol. The molecule has 0 spiro atoms. The molecule has 0 bridgehead atoms. The van der Waals surface area contributed by atoms with Crippen molar-refractivity contribution in [2.45, 2.75) is 95.6 Å². The van der Waals surface area contributed by atoms with E-state index in [2.05, 4.69) is 30.1 Å². The highest BCUT2D eigenvalue weighted by Gasteiger charge is 2.66. The summed E-state index contributed by atoms with van der Waals surface area (Å²) >= 11 is 0. The van der Waals surface area contributed by atoms with Crippen molar-refractivity contribution in [2.75, 3.05) is 26.2 Å². The lowest BCUT2D eigenvalue weighted by atomic mass is 9.45. The summed E-state index contributed by atoms with van der Waals surface area (Å²) in [4.78, 5) is 26.4. The molecule has 1 aliphatic heterocycles. The van der Waals surface area contributed by atoms with Gasteiger partial charge in [0.25, 0.3) is 0 Å². The first kappa shape index (κ1) is 26.1. The zero-order chi connectivity index (χ0) is 26.5. The number of allylic oxidation sites excluding steroid dienone is 1. The molecule has 0 unspecified atom stereocenters. The van der Waals surface area contributed by atoms with Gasteiger partial charge in [-0.2, -0.15) is 0 Å². The lowest BCUT2D eigenvalue weighted by molar-refractivity contribution is -0.177. The maximum Gasteiger partial charge on any atom is 0.407 e. The van der Waals surface area contributed by atoms with Crippen LogP contribution in [0.25, 0.3) is 0 Å². The van der Waals surface area contributed by atoms with Crippen LogP contribution in [-0.2, 0) is 4.74 Å². The van der Waals surface area contributed by atoms with Gasteiger partial charge < -0.3 is 19.6 Å². The largest absolute Gasteiger partial charge is 0.448 e. The molecule has 1 aromatic heterocycles. The zero-order valence-electron chi connectivity index (χ0n) is 23.0. The molecule has 7 heteroatoms. The highest BCUT2D eigenvalue weighted by Crippen LogP contribution is 2.70. The number of fused-ring (bicyclic) bond motifs is 5. The molecule has 5 aliphatic rings. The molecule has 1 aromatic rings. The van der Waals surface area contributed by atoms with Crippen LogP contribution in [0.4, 0.5) is 4.79 Å². The van der Waals surface area contributed by atoms with Crippen LogP contribution in [0.15, 0.2) is 39.3 Å². The normalized spacial score (nSPS) is 40.6. The van der Waals surface area contributed by atoms with E-state index in [1.54, 1.807) is 6.26 Å². The van der Waals surface area contributed by atoms with Gasteiger partial charge in [0, 0.05) is 18.0 Å². The van der Waals surface area contributed by atoms with E-state index in [1.807, 2.05) is 6.07 Å². The number of nitrogens with one attached hydrogen (secondary N) is 1. The Hall–Kier alpha value is -2.12. The third-order valence-corrected chi connectivity index (χ3v) is 11.6. The van der Waals surface area contributed by atoms with Crippen LogP contribution < -0.4 is 10.9 Å². The first-order valence-electron chi connectivity index (χ1n) is 14.9. The fourth-order valence-corrected chi connectivity index (χ4v) is 9.38. The van der Waals surface area contributed by atoms with Crippen molar-refractivity contribution in [3.63, 3.8) is 0 Å². The average Bonchev–Trinajstić information content (AvgIpc) is 3.51. The first-order chi connectivity index (χ1) is 18.2. The summed E-state index contributed by atoms with van der Waals surface area (Å²) in [6, 6.07) is 3.43. The van der Waals surface area contributed by atoms with Crippen molar-refractivity contribution >= 4 is 6.09 Å². The second-order valence-electron chi connectivity index (χ2n) is 13.2. The minimum Gasteiger partial charge on any atom is -0.448 e. The third kappa shape index (κ3) is 4.25. The van der Waals surface area contributed by atoms with Crippen molar-refractivity contribution < 1.29 is 19.1 Å². The van der Waals surface area contributed by atoms with Gasteiger partial charge in [-0.05, 0) is 112 Å². The Bertz CT molecular complexity index is 1120. The molecule has 0 aromatic carbocycles. The van der Waals surface area contributed by atoms with Crippen molar-refractivity contribution in [3.8, 4) is 0 Å². The number of ether oxygens (including phenoxy) is 1. The zero-order valence-corrected chi connectivity index (χ0v) is 23.0. The van der Waals surface area contributed by atoms with Gasteiger partial charge in [0.15, 0.2) is 0 Å². The van der Waals surface area contributed by atoms with Crippen LogP contribution in [-0.4, -0.2) is 54.0 Å². The standard InChI is InChI=1S/C31H44N2O5/c1-29-12-9-23(32-28(35)37-18-17-33-15-3-4-16-33)19-22(29)6-7-26-25(29)10-13-30(2)24(11-14-31(26,30)36)21-5-8-27(34)38-20-21/h5,8,19-20,23-26,36H,3-4,6-7,9-18H2,1-2H3,(H,32,35)/t23-,24+,25-,26+,29-,30+,31-/m0/s1. The van der Waals surface area contributed by atoms with Crippen LogP contribution >= 0.6 is 0 Å². The van der Waals surface area contributed by atoms with Gasteiger partial charge in [-0.1, -0.05) is 25.5 Å².